The molecular formula is C22H14FN3O2S. The molecule has 0 atom stereocenters. The van der Waals surface area contributed by atoms with E-state index in [0.29, 0.717) is 17.8 Å². The lowest BCUT2D eigenvalue weighted by molar-refractivity contribution is 0.0696. The summed E-state index contributed by atoms with van der Waals surface area (Å²) in [6, 6.07) is 15.8. The minimum Gasteiger partial charge on any atom is -0.478 e. The largest absolute Gasteiger partial charge is 0.478 e. The van der Waals surface area contributed by atoms with Crippen LogP contribution in [0.15, 0.2) is 66.2 Å². The van der Waals surface area contributed by atoms with Crippen molar-refractivity contribution < 1.29 is 14.3 Å². The Kier molecular flexibility index (Phi) is 4.10. The number of carboxylic acids is 1. The van der Waals surface area contributed by atoms with Gasteiger partial charge in [-0.25, -0.2) is 9.18 Å². The molecule has 1 N–H and O–H groups in total. The van der Waals surface area contributed by atoms with Crippen molar-refractivity contribution in [2.45, 2.75) is 6.54 Å². The van der Waals surface area contributed by atoms with Crippen LogP contribution in [0.1, 0.15) is 15.9 Å². The molecule has 0 radical (unpaired) electrons. The van der Waals surface area contributed by atoms with E-state index in [-0.39, 0.29) is 11.1 Å². The summed E-state index contributed by atoms with van der Waals surface area (Å²) in [6.07, 6.45) is 1.64. The third kappa shape index (κ3) is 2.96. The van der Waals surface area contributed by atoms with Gasteiger partial charge in [0.2, 0.25) is 0 Å². The van der Waals surface area contributed by atoms with Crippen LogP contribution in [0.25, 0.3) is 32.4 Å². The fraction of sp³-hybridized carbons (Fsp3) is 0.0455. The minimum absolute atomic E-state index is 0.104. The van der Waals surface area contributed by atoms with E-state index in [1.54, 1.807) is 17.5 Å². The fourth-order valence-corrected chi connectivity index (χ4v) is 4.40. The van der Waals surface area contributed by atoms with Crippen LogP contribution in [0.3, 0.4) is 0 Å². The highest BCUT2D eigenvalue weighted by Crippen LogP contribution is 2.31. The van der Waals surface area contributed by atoms with Crippen molar-refractivity contribution >= 4 is 38.4 Å². The number of carbonyl (C=O) groups is 1. The molecule has 0 aliphatic carbocycles. The Morgan fingerprint density at radius 2 is 2.03 bits per heavy atom. The molecule has 5 rings (SSSR count). The average molecular weight is 403 g/mol. The third-order valence-corrected chi connectivity index (χ3v) is 5.87. The Morgan fingerprint density at radius 1 is 1.14 bits per heavy atom. The Bertz CT molecular complexity index is 1390. The second-order valence-corrected chi connectivity index (χ2v) is 7.55. The van der Waals surface area contributed by atoms with Crippen LogP contribution >= 0.6 is 11.3 Å². The van der Waals surface area contributed by atoms with Crippen molar-refractivity contribution in [3.05, 3.63) is 83.1 Å². The summed E-state index contributed by atoms with van der Waals surface area (Å²) < 4.78 is 17.7. The van der Waals surface area contributed by atoms with Crippen LogP contribution in [0.2, 0.25) is 0 Å². The van der Waals surface area contributed by atoms with E-state index in [2.05, 4.69) is 33.7 Å². The third-order valence-electron chi connectivity index (χ3n) is 4.86. The van der Waals surface area contributed by atoms with Gasteiger partial charge < -0.3 is 5.11 Å². The first-order valence-corrected chi connectivity index (χ1v) is 9.79. The lowest BCUT2D eigenvalue weighted by atomic mass is 10.1. The second-order valence-electron chi connectivity index (χ2n) is 6.63. The topological polar surface area (TPSA) is 68.0 Å². The number of aromatic carboxylic acids is 1. The van der Waals surface area contributed by atoms with Gasteiger partial charge in [0.15, 0.2) is 0 Å². The zero-order valence-electron chi connectivity index (χ0n) is 15.0. The van der Waals surface area contributed by atoms with E-state index >= 15 is 0 Å². The van der Waals surface area contributed by atoms with E-state index in [9.17, 15) is 9.18 Å². The van der Waals surface area contributed by atoms with Crippen LogP contribution < -0.4 is 0 Å². The maximum Gasteiger partial charge on any atom is 0.335 e. The molecule has 7 heteroatoms. The molecule has 0 saturated heterocycles. The maximum absolute atomic E-state index is 14.7. The number of hydrogen-bond acceptors (Lipinski definition) is 4. The highest BCUT2D eigenvalue weighted by atomic mass is 32.1. The molecule has 3 aromatic heterocycles. The number of nitrogens with zero attached hydrogens (tertiary/aromatic N) is 3. The molecule has 5 aromatic rings. The van der Waals surface area contributed by atoms with E-state index in [0.717, 1.165) is 17.1 Å². The Morgan fingerprint density at radius 3 is 2.86 bits per heavy atom. The number of benzene rings is 2. The predicted octanol–water partition coefficient (Wildman–Crippen LogP) is 5.20. The quantitative estimate of drug-likeness (QED) is 0.448. The monoisotopic (exact) mass is 403 g/mol. The van der Waals surface area contributed by atoms with Crippen LogP contribution in [0.5, 0.6) is 0 Å². The first-order chi connectivity index (χ1) is 14.1. The molecule has 3 heterocycles. The number of pyridine rings is 1. The fourth-order valence-electron chi connectivity index (χ4n) is 3.49. The number of aromatic nitrogens is 3. The smallest absolute Gasteiger partial charge is 0.335 e. The molecule has 0 amide bonds. The molecule has 2 aromatic carbocycles. The summed E-state index contributed by atoms with van der Waals surface area (Å²) in [7, 11) is 0. The molecule has 29 heavy (non-hydrogen) atoms. The number of halogens is 1. The zero-order valence-corrected chi connectivity index (χ0v) is 15.9. The normalized spacial score (nSPS) is 11.3. The molecule has 0 saturated carbocycles. The van der Waals surface area contributed by atoms with E-state index in [4.69, 9.17) is 5.11 Å². The number of hydrogen-bond donors (Lipinski definition) is 1. The SMILES string of the molecule is O=C(O)c1ccc(-c2nn(Cc3cccc4ccsc34)c3cccnc23)c(F)c1. The van der Waals surface area contributed by atoms with Crippen LogP contribution in [0, 0.1) is 5.82 Å². The average Bonchev–Trinajstić information content (AvgIpc) is 3.34. The van der Waals surface area contributed by atoms with E-state index in [1.807, 2.05) is 22.9 Å². The molecule has 0 aliphatic rings. The summed E-state index contributed by atoms with van der Waals surface area (Å²) in [4.78, 5) is 15.5. The van der Waals surface area contributed by atoms with E-state index < -0.39 is 11.8 Å². The van der Waals surface area contributed by atoms with Gasteiger partial charge in [0.05, 0.1) is 17.6 Å². The van der Waals surface area contributed by atoms with Gasteiger partial charge >= 0.3 is 5.97 Å². The van der Waals surface area contributed by atoms with Crippen molar-refractivity contribution in [3.63, 3.8) is 0 Å². The number of rotatable bonds is 4. The number of fused-ring (bicyclic) bond motifs is 2. The van der Waals surface area contributed by atoms with Gasteiger partial charge in [-0.3, -0.25) is 9.67 Å². The Hall–Kier alpha value is -3.58. The van der Waals surface area contributed by atoms with Crippen molar-refractivity contribution in [2.75, 3.05) is 0 Å². The summed E-state index contributed by atoms with van der Waals surface area (Å²) >= 11 is 1.68. The molecule has 142 valence electrons. The molecule has 0 bridgehead atoms. The van der Waals surface area contributed by atoms with Crippen LogP contribution in [0.4, 0.5) is 4.39 Å². The van der Waals surface area contributed by atoms with Gasteiger partial charge in [-0.1, -0.05) is 18.2 Å². The van der Waals surface area contributed by atoms with Crippen molar-refractivity contribution in [1.29, 1.82) is 0 Å². The summed E-state index contributed by atoms with van der Waals surface area (Å²) in [5.41, 5.74) is 3.01. The summed E-state index contributed by atoms with van der Waals surface area (Å²) in [5.74, 6) is -1.81. The zero-order chi connectivity index (χ0) is 20.0. The highest BCUT2D eigenvalue weighted by Gasteiger charge is 2.18. The summed E-state index contributed by atoms with van der Waals surface area (Å²) in [5, 5.41) is 17.0. The van der Waals surface area contributed by atoms with E-state index in [1.165, 1.54) is 22.2 Å². The Labute approximate surface area is 168 Å². The second kappa shape index (κ2) is 6.79. The Balaban J connectivity index is 1.66. The molecule has 0 unspecified atom stereocenters. The van der Waals surface area contributed by atoms with Gasteiger partial charge in [-0.15, -0.1) is 11.3 Å². The molecule has 0 fully saturated rings. The molecular weight excluding hydrogens is 389 g/mol. The van der Waals surface area contributed by atoms with Crippen molar-refractivity contribution in [2.24, 2.45) is 0 Å². The van der Waals surface area contributed by atoms with Crippen molar-refractivity contribution in [1.82, 2.24) is 14.8 Å². The van der Waals surface area contributed by atoms with Gasteiger partial charge in [0.25, 0.3) is 0 Å². The lowest BCUT2D eigenvalue weighted by Crippen LogP contribution is -2.02. The standard InChI is InChI=1S/C22H14FN3O2S/c23-17-11-14(22(27)28)6-7-16(17)19-20-18(5-2-9-24-20)26(25-19)12-15-4-1-3-13-8-10-29-21(13)15/h1-11H,12H2,(H,27,28). The molecule has 0 spiro atoms. The maximum atomic E-state index is 14.7. The first-order valence-electron chi connectivity index (χ1n) is 8.91. The number of thiophene rings is 1. The lowest BCUT2D eigenvalue weighted by Gasteiger charge is -2.05. The van der Waals surface area contributed by atoms with Gasteiger partial charge in [-0.05, 0) is 52.7 Å². The van der Waals surface area contributed by atoms with Gasteiger partial charge in [0.1, 0.15) is 17.0 Å². The predicted molar refractivity (Wildman–Crippen MR) is 111 cm³/mol. The van der Waals surface area contributed by atoms with Gasteiger partial charge in [0, 0.05) is 16.5 Å². The minimum atomic E-state index is -1.17. The highest BCUT2D eigenvalue weighted by molar-refractivity contribution is 7.17. The first kappa shape index (κ1) is 17.5. The summed E-state index contributed by atoms with van der Waals surface area (Å²) in [6.45, 7) is 0.523. The van der Waals surface area contributed by atoms with Gasteiger partial charge in [-0.2, -0.15) is 5.10 Å². The van der Waals surface area contributed by atoms with Crippen molar-refractivity contribution in [3.8, 4) is 11.3 Å². The molecule has 5 nitrogen and oxygen atoms in total. The van der Waals surface area contributed by atoms with Crippen LogP contribution in [-0.2, 0) is 6.54 Å². The molecule has 0 aliphatic heterocycles. The number of carboxylic acid groups (broad SMARTS) is 1. The van der Waals surface area contributed by atoms with Crippen LogP contribution in [-0.4, -0.2) is 25.8 Å².